The van der Waals surface area contributed by atoms with Crippen molar-refractivity contribution in [1.82, 2.24) is 5.32 Å². The van der Waals surface area contributed by atoms with E-state index in [0.717, 1.165) is 5.70 Å². The van der Waals surface area contributed by atoms with Crippen LogP contribution in [0.15, 0.2) is 16.4 Å². The van der Waals surface area contributed by atoms with Crippen molar-refractivity contribution in [3.8, 4) is 0 Å². The van der Waals surface area contributed by atoms with Crippen LogP contribution in [-0.2, 0) is 0 Å². The van der Waals surface area contributed by atoms with Crippen molar-refractivity contribution in [2.75, 3.05) is 6.54 Å². The molecule has 1 rings (SSSR count). The lowest BCUT2D eigenvalue weighted by atomic mass is 9.81. The highest BCUT2D eigenvalue weighted by molar-refractivity contribution is 5.32. The molecule has 128 valence electrons. The standard InChI is InChI=1S/C16H28F3N3/c1-10(2)14(15(21-4)11(3)20)22-9-12-5-7-13(8-6-12)16(17,18)19/h10,12-14,22H,4-9,20H2,1-3H3/b15-11-/t12-,13-,14-/m0/s1. The quantitative estimate of drug-likeness (QED) is 0.730. The van der Waals surface area contributed by atoms with E-state index >= 15 is 0 Å². The highest BCUT2D eigenvalue weighted by atomic mass is 19.4. The predicted octanol–water partition coefficient (Wildman–Crippen LogP) is 3.86. The highest BCUT2D eigenvalue weighted by Crippen LogP contribution is 2.39. The Morgan fingerprint density at radius 1 is 1.27 bits per heavy atom. The molecule has 0 spiro atoms. The fourth-order valence-electron chi connectivity index (χ4n) is 3.10. The molecule has 3 nitrogen and oxygen atoms in total. The Hall–Kier alpha value is -1.04. The number of alkyl halides is 3. The summed E-state index contributed by atoms with van der Waals surface area (Å²) >= 11 is 0. The van der Waals surface area contributed by atoms with E-state index in [9.17, 15) is 13.2 Å². The highest BCUT2D eigenvalue weighted by Gasteiger charge is 2.41. The summed E-state index contributed by atoms with van der Waals surface area (Å²) in [6, 6.07) is -0.0113. The Labute approximate surface area is 131 Å². The second-order valence-corrected chi connectivity index (χ2v) is 6.62. The maximum Gasteiger partial charge on any atom is 0.391 e. The van der Waals surface area contributed by atoms with Gasteiger partial charge in [0.05, 0.1) is 17.7 Å². The minimum Gasteiger partial charge on any atom is -0.401 e. The van der Waals surface area contributed by atoms with Crippen molar-refractivity contribution in [2.24, 2.45) is 28.5 Å². The summed E-state index contributed by atoms with van der Waals surface area (Å²) in [5.74, 6) is -0.559. The molecule has 1 atom stereocenters. The van der Waals surface area contributed by atoms with Crippen LogP contribution in [0.5, 0.6) is 0 Å². The van der Waals surface area contributed by atoms with Crippen LogP contribution in [0.1, 0.15) is 46.5 Å². The third-order valence-corrected chi connectivity index (χ3v) is 4.47. The first-order chi connectivity index (χ1) is 10.2. The van der Waals surface area contributed by atoms with E-state index in [0.29, 0.717) is 25.1 Å². The average molecular weight is 319 g/mol. The van der Waals surface area contributed by atoms with Gasteiger partial charge < -0.3 is 11.1 Å². The normalized spacial score (nSPS) is 25.8. The summed E-state index contributed by atoms with van der Waals surface area (Å²) in [4.78, 5) is 4.01. The molecule has 0 aromatic heterocycles. The predicted molar refractivity (Wildman–Crippen MR) is 84.6 cm³/mol. The molecule has 1 saturated carbocycles. The van der Waals surface area contributed by atoms with Gasteiger partial charge in [-0.25, -0.2) is 0 Å². The lowest BCUT2D eigenvalue weighted by Crippen LogP contribution is -2.40. The molecule has 22 heavy (non-hydrogen) atoms. The summed E-state index contributed by atoms with van der Waals surface area (Å²) in [5, 5.41) is 3.42. The first-order valence-corrected chi connectivity index (χ1v) is 7.89. The molecule has 1 fully saturated rings. The van der Waals surface area contributed by atoms with E-state index in [1.807, 2.05) is 0 Å². The number of nitrogens with one attached hydrogen (secondary N) is 1. The topological polar surface area (TPSA) is 50.4 Å². The molecule has 0 heterocycles. The molecule has 0 bridgehead atoms. The third kappa shape index (κ3) is 5.30. The fourth-order valence-corrected chi connectivity index (χ4v) is 3.10. The monoisotopic (exact) mass is 319 g/mol. The van der Waals surface area contributed by atoms with Crippen LogP contribution in [0.4, 0.5) is 13.2 Å². The molecule has 1 aliphatic carbocycles. The zero-order chi connectivity index (χ0) is 16.9. The maximum absolute atomic E-state index is 12.7. The molecule has 3 N–H and O–H groups in total. The summed E-state index contributed by atoms with van der Waals surface area (Å²) in [6.45, 7) is 10.2. The van der Waals surface area contributed by atoms with Crippen LogP contribution < -0.4 is 11.1 Å². The minimum atomic E-state index is -4.04. The summed E-state index contributed by atoms with van der Waals surface area (Å²) in [6.07, 6.45) is -2.34. The van der Waals surface area contributed by atoms with Gasteiger partial charge in [0.2, 0.25) is 0 Å². The fraction of sp³-hybridized carbons (Fsp3) is 0.812. The first kappa shape index (κ1) is 19.0. The Kier molecular flexibility index (Phi) is 6.91. The van der Waals surface area contributed by atoms with Crippen LogP contribution in [0.2, 0.25) is 0 Å². The SMILES string of the molecule is C=N/C(=C(/C)N)[C@@H](NC[C@H]1CC[C@H](C(F)(F)F)CC1)C(C)C. The second kappa shape index (κ2) is 7.99. The van der Waals surface area contributed by atoms with Crippen LogP contribution in [0.3, 0.4) is 0 Å². The molecule has 1 aliphatic rings. The van der Waals surface area contributed by atoms with E-state index in [4.69, 9.17) is 5.73 Å². The Balaban J connectivity index is 2.55. The van der Waals surface area contributed by atoms with Gasteiger partial charge in [-0.1, -0.05) is 13.8 Å². The number of aliphatic imine (C=N–C) groups is 1. The van der Waals surface area contributed by atoms with E-state index < -0.39 is 12.1 Å². The minimum absolute atomic E-state index is 0.0113. The maximum atomic E-state index is 12.7. The number of allylic oxidation sites excluding steroid dienone is 1. The van der Waals surface area contributed by atoms with Gasteiger partial charge in [-0.2, -0.15) is 13.2 Å². The van der Waals surface area contributed by atoms with Crippen LogP contribution in [0, 0.1) is 17.8 Å². The number of hydrogen-bond acceptors (Lipinski definition) is 3. The van der Waals surface area contributed by atoms with Gasteiger partial charge in [0, 0.05) is 5.70 Å². The number of halogens is 3. The molecule has 0 aliphatic heterocycles. The number of rotatable bonds is 6. The number of nitrogens with two attached hydrogens (primary N) is 1. The van der Waals surface area contributed by atoms with Crippen molar-refractivity contribution >= 4 is 6.72 Å². The lowest BCUT2D eigenvalue weighted by Gasteiger charge is -2.32. The second-order valence-electron chi connectivity index (χ2n) is 6.62. The molecule has 0 amide bonds. The first-order valence-electron chi connectivity index (χ1n) is 7.89. The molecule has 0 saturated heterocycles. The molecular formula is C16H28F3N3. The Bertz CT molecular complexity index is 390. The Morgan fingerprint density at radius 3 is 2.18 bits per heavy atom. The Morgan fingerprint density at radius 2 is 1.82 bits per heavy atom. The molecule has 0 aromatic carbocycles. The number of hydrogen-bond donors (Lipinski definition) is 2. The van der Waals surface area contributed by atoms with Crippen LogP contribution in [-0.4, -0.2) is 25.5 Å². The van der Waals surface area contributed by atoms with E-state index in [1.165, 1.54) is 0 Å². The zero-order valence-electron chi connectivity index (χ0n) is 13.7. The summed E-state index contributed by atoms with van der Waals surface area (Å²) in [5.41, 5.74) is 7.20. The number of nitrogens with zero attached hydrogens (tertiary/aromatic N) is 1. The molecule has 0 radical (unpaired) electrons. The van der Waals surface area contributed by atoms with Gasteiger partial charge in [-0.05, 0) is 57.7 Å². The molecule has 6 heteroatoms. The van der Waals surface area contributed by atoms with Crippen molar-refractivity contribution in [3.63, 3.8) is 0 Å². The van der Waals surface area contributed by atoms with Gasteiger partial charge >= 0.3 is 6.18 Å². The lowest BCUT2D eigenvalue weighted by molar-refractivity contribution is -0.183. The summed E-state index contributed by atoms with van der Waals surface area (Å²) < 4.78 is 38.0. The molecule has 0 aromatic rings. The van der Waals surface area contributed by atoms with Gasteiger partial charge in [0.1, 0.15) is 0 Å². The van der Waals surface area contributed by atoms with Gasteiger partial charge in [-0.3, -0.25) is 4.99 Å². The van der Waals surface area contributed by atoms with Gasteiger partial charge in [0.15, 0.2) is 0 Å². The van der Waals surface area contributed by atoms with Crippen molar-refractivity contribution < 1.29 is 13.2 Å². The molecule has 0 unspecified atom stereocenters. The van der Waals surface area contributed by atoms with Crippen molar-refractivity contribution in [3.05, 3.63) is 11.4 Å². The zero-order valence-corrected chi connectivity index (χ0v) is 13.7. The summed E-state index contributed by atoms with van der Waals surface area (Å²) in [7, 11) is 0. The third-order valence-electron chi connectivity index (χ3n) is 4.47. The van der Waals surface area contributed by atoms with Crippen molar-refractivity contribution in [2.45, 2.75) is 58.7 Å². The van der Waals surface area contributed by atoms with E-state index in [1.54, 1.807) is 6.92 Å². The van der Waals surface area contributed by atoms with E-state index in [2.05, 4.69) is 30.9 Å². The smallest absolute Gasteiger partial charge is 0.391 e. The van der Waals surface area contributed by atoms with Gasteiger partial charge in [-0.15, -0.1) is 0 Å². The van der Waals surface area contributed by atoms with Crippen molar-refractivity contribution in [1.29, 1.82) is 0 Å². The van der Waals surface area contributed by atoms with Gasteiger partial charge in [0.25, 0.3) is 0 Å². The average Bonchev–Trinajstić information content (AvgIpc) is 2.42. The van der Waals surface area contributed by atoms with E-state index in [-0.39, 0.29) is 30.7 Å². The largest absolute Gasteiger partial charge is 0.401 e. The molecular weight excluding hydrogens is 291 g/mol. The van der Waals surface area contributed by atoms with Crippen LogP contribution in [0.25, 0.3) is 0 Å². The van der Waals surface area contributed by atoms with Crippen LogP contribution >= 0.6 is 0 Å².